The lowest BCUT2D eigenvalue weighted by molar-refractivity contribution is -0.122. The average Bonchev–Trinajstić information content (AvgIpc) is 2.85. The number of amides is 1. The largest absolute Gasteiger partial charge is 0.352 e. The Morgan fingerprint density at radius 2 is 1.74 bits per heavy atom. The molecule has 7 heteroatoms. The molecule has 0 fully saturated rings. The van der Waals surface area contributed by atoms with Crippen molar-refractivity contribution < 1.29 is 9.59 Å². The molecule has 35 heavy (non-hydrogen) atoms. The normalized spacial score (nSPS) is 11.9. The van der Waals surface area contributed by atoms with Crippen LogP contribution in [0, 0.1) is 6.92 Å². The summed E-state index contributed by atoms with van der Waals surface area (Å²) < 4.78 is 2.43. The zero-order valence-electron chi connectivity index (χ0n) is 19.6. The Hall–Kier alpha value is -3.58. The number of ketones is 1. The molecule has 178 valence electrons. The lowest BCUT2D eigenvalue weighted by Crippen LogP contribution is -2.36. The van der Waals surface area contributed by atoms with Gasteiger partial charge in [0.1, 0.15) is 12.2 Å². The van der Waals surface area contributed by atoms with Crippen molar-refractivity contribution in [1.29, 1.82) is 0 Å². The number of aromatic nitrogens is 2. The fraction of sp³-hybridized carbons (Fsp3) is 0.214. The minimum Gasteiger partial charge on any atom is -0.352 e. The number of benzene rings is 2. The van der Waals surface area contributed by atoms with E-state index in [9.17, 15) is 14.4 Å². The summed E-state index contributed by atoms with van der Waals surface area (Å²) in [6.45, 7) is 3.74. The highest BCUT2D eigenvalue weighted by atomic mass is 79.9. The zero-order valence-corrected chi connectivity index (χ0v) is 21.2. The summed E-state index contributed by atoms with van der Waals surface area (Å²) in [6.07, 6.45) is 3.11. The Labute approximate surface area is 212 Å². The zero-order chi connectivity index (χ0) is 24.9. The van der Waals surface area contributed by atoms with Gasteiger partial charge in [-0.1, -0.05) is 46.3 Å². The number of nitrogens with one attached hydrogen (secondary N) is 1. The maximum atomic E-state index is 13.2. The van der Waals surface area contributed by atoms with Gasteiger partial charge in [-0.05, 0) is 68.7 Å². The molecule has 2 aromatic carbocycles. The lowest BCUT2D eigenvalue weighted by Gasteiger charge is -2.16. The third-order valence-electron chi connectivity index (χ3n) is 5.84. The van der Waals surface area contributed by atoms with E-state index in [1.54, 1.807) is 41.0 Å². The van der Waals surface area contributed by atoms with Gasteiger partial charge in [-0.15, -0.1) is 0 Å². The van der Waals surface area contributed by atoms with Gasteiger partial charge in [-0.25, -0.2) is 4.98 Å². The number of rotatable bonds is 8. The average molecular weight is 532 g/mol. The third kappa shape index (κ3) is 5.92. The number of pyridine rings is 2. The number of aryl methyl sites for hydroxylation is 2. The highest BCUT2D eigenvalue weighted by Crippen LogP contribution is 2.16. The minimum absolute atomic E-state index is 0.00963. The molecular weight excluding hydrogens is 506 g/mol. The molecule has 2 heterocycles. The number of fused-ring (bicyclic) bond motifs is 1. The first-order valence-electron chi connectivity index (χ1n) is 11.5. The van der Waals surface area contributed by atoms with Gasteiger partial charge >= 0.3 is 0 Å². The molecule has 1 amide bonds. The number of nitrogens with zero attached hydrogens (tertiary/aromatic N) is 2. The molecule has 1 N–H and O–H groups in total. The molecule has 4 rings (SSSR count). The number of carbonyl (C=O) groups excluding carboxylic acids is 2. The van der Waals surface area contributed by atoms with E-state index in [0.29, 0.717) is 22.3 Å². The maximum absolute atomic E-state index is 13.2. The molecule has 0 aliphatic heterocycles. The van der Waals surface area contributed by atoms with Gasteiger partial charge in [0, 0.05) is 28.0 Å². The second-order valence-corrected chi connectivity index (χ2v) is 9.57. The first kappa shape index (κ1) is 24.5. The fourth-order valence-electron chi connectivity index (χ4n) is 3.97. The summed E-state index contributed by atoms with van der Waals surface area (Å²) in [5.74, 6) is -0.601. The highest BCUT2D eigenvalue weighted by molar-refractivity contribution is 9.10. The first-order chi connectivity index (χ1) is 16.8. The molecule has 2 aromatic heterocycles. The van der Waals surface area contributed by atoms with Crippen LogP contribution in [0.5, 0.6) is 0 Å². The summed E-state index contributed by atoms with van der Waals surface area (Å²) in [4.78, 5) is 43.8. The van der Waals surface area contributed by atoms with E-state index in [-0.39, 0.29) is 24.1 Å². The third-order valence-corrected chi connectivity index (χ3v) is 6.37. The molecular formula is C28H26BrN3O3. The molecule has 0 aliphatic rings. The van der Waals surface area contributed by atoms with E-state index in [1.807, 2.05) is 32.0 Å². The summed E-state index contributed by atoms with van der Waals surface area (Å²) in [5.41, 5.74) is 2.33. The topological polar surface area (TPSA) is 81.1 Å². The lowest BCUT2D eigenvalue weighted by atomic mass is 10.0. The van der Waals surface area contributed by atoms with Crippen LogP contribution < -0.4 is 10.7 Å². The van der Waals surface area contributed by atoms with E-state index in [2.05, 4.69) is 38.4 Å². The summed E-state index contributed by atoms with van der Waals surface area (Å²) in [5, 5.41) is 3.33. The van der Waals surface area contributed by atoms with Crippen molar-refractivity contribution in [1.82, 2.24) is 14.9 Å². The quantitative estimate of drug-likeness (QED) is 0.330. The summed E-state index contributed by atoms with van der Waals surface area (Å²) in [6, 6.07) is 20.3. The summed E-state index contributed by atoms with van der Waals surface area (Å²) in [7, 11) is 0. The van der Waals surface area contributed by atoms with Crippen molar-refractivity contribution >= 4 is 38.7 Å². The first-order valence-corrected chi connectivity index (χ1v) is 12.3. The smallest absolute Gasteiger partial charge is 0.240 e. The highest BCUT2D eigenvalue weighted by Gasteiger charge is 2.19. The predicted molar refractivity (Wildman–Crippen MR) is 141 cm³/mol. The molecule has 4 aromatic rings. The van der Waals surface area contributed by atoms with E-state index in [0.717, 1.165) is 17.3 Å². The second kappa shape index (κ2) is 10.8. The van der Waals surface area contributed by atoms with Gasteiger partial charge in [0.05, 0.1) is 10.9 Å². The van der Waals surface area contributed by atoms with Crippen molar-refractivity contribution in [2.75, 3.05) is 0 Å². The van der Waals surface area contributed by atoms with E-state index < -0.39 is 11.2 Å². The second-order valence-electron chi connectivity index (χ2n) is 8.65. The number of carbonyl (C=O) groups is 2. The van der Waals surface area contributed by atoms with Crippen LogP contribution in [0.15, 0.2) is 82.2 Å². The Morgan fingerprint density at radius 1 is 1.03 bits per heavy atom. The van der Waals surface area contributed by atoms with Crippen molar-refractivity contribution in [2.24, 2.45) is 0 Å². The van der Waals surface area contributed by atoms with E-state index >= 15 is 0 Å². The van der Waals surface area contributed by atoms with Gasteiger partial charge in [0.2, 0.25) is 11.3 Å². The van der Waals surface area contributed by atoms with Crippen LogP contribution in [-0.2, 0) is 17.8 Å². The van der Waals surface area contributed by atoms with Crippen LogP contribution in [0.25, 0.3) is 11.0 Å². The van der Waals surface area contributed by atoms with Crippen molar-refractivity contribution in [3.05, 3.63) is 110 Å². The van der Waals surface area contributed by atoms with Gasteiger partial charge in [0.15, 0.2) is 5.78 Å². The van der Waals surface area contributed by atoms with Crippen LogP contribution in [0.1, 0.15) is 40.5 Å². The number of hydrogen-bond donors (Lipinski definition) is 1. The molecule has 0 spiro atoms. The van der Waals surface area contributed by atoms with Crippen LogP contribution in [-0.4, -0.2) is 27.3 Å². The fourth-order valence-corrected chi connectivity index (χ4v) is 4.24. The monoisotopic (exact) mass is 531 g/mol. The SMILES string of the molecule is Cc1ccc2c(=O)c(C(=O)c3ccc(Br)cc3)cn(CC(=O)N[C@@H](C)CCc3ccccc3)c2n1. The van der Waals surface area contributed by atoms with Crippen LogP contribution in [0.3, 0.4) is 0 Å². The Bertz CT molecular complexity index is 1430. The molecule has 0 aliphatic carbocycles. The predicted octanol–water partition coefficient (Wildman–Crippen LogP) is 4.84. The van der Waals surface area contributed by atoms with Crippen molar-refractivity contribution in [3.63, 3.8) is 0 Å². The standard InChI is InChI=1S/C28H26BrN3O3/c1-18(8-10-20-6-4-3-5-7-20)30-25(33)17-32-16-24(26(34)21-11-13-22(29)14-12-21)27(35)23-15-9-19(2)31-28(23)32/h3-7,9,11-16,18H,8,10,17H2,1-2H3,(H,30,33)/t18-/m0/s1. The van der Waals surface area contributed by atoms with E-state index in [1.165, 1.54) is 11.8 Å². The molecule has 0 radical (unpaired) electrons. The molecule has 0 unspecified atom stereocenters. The number of hydrogen-bond acceptors (Lipinski definition) is 4. The van der Waals surface area contributed by atoms with Gasteiger partial charge in [-0.3, -0.25) is 14.4 Å². The van der Waals surface area contributed by atoms with Gasteiger partial charge < -0.3 is 9.88 Å². The Kier molecular flexibility index (Phi) is 7.56. The molecule has 0 bridgehead atoms. The maximum Gasteiger partial charge on any atom is 0.240 e. The van der Waals surface area contributed by atoms with Gasteiger partial charge in [0.25, 0.3) is 0 Å². The van der Waals surface area contributed by atoms with Crippen LogP contribution in [0.2, 0.25) is 0 Å². The molecule has 0 saturated carbocycles. The van der Waals surface area contributed by atoms with Crippen LogP contribution >= 0.6 is 15.9 Å². The Balaban J connectivity index is 1.59. The minimum atomic E-state index is -0.395. The molecule has 0 saturated heterocycles. The molecule has 6 nitrogen and oxygen atoms in total. The van der Waals surface area contributed by atoms with E-state index in [4.69, 9.17) is 0 Å². The van der Waals surface area contributed by atoms with Crippen molar-refractivity contribution in [2.45, 2.75) is 39.3 Å². The van der Waals surface area contributed by atoms with Crippen molar-refractivity contribution in [3.8, 4) is 0 Å². The Morgan fingerprint density at radius 3 is 2.46 bits per heavy atom. The number of halogens is 1. The van der Waals surface area contributed by atoms with Gasteiger partial charge in [-0.2, -0.15) is 0 Å². The summed E-state index contributed by atoms with van der Waals surface area (Å²) >= 11 is 3.36. The molecule has 1 atom stereocenters. The van der Waals surface area contributed by atoms with Crippen LogP contribution in [0.4, 0.5) is 0 Å².